The van der Waals surface area contributed by atoms with Gasteiger partial charge in [-0.25, -0.2) is 4.79 Å². The van der Waals surface area contributed by atoms with Crippen LogP contribution < -0.4 is 5.32 Å². The third kappa shape index (κ3) is 3.96. The highest BCUT2D eigenvalue weighted by atomic mass is 16.5. The van der Waals surface area contributed by atoms with Crippen LogP contribution in [0.1, 0.15) is 23.4 Å². The van der Waals surface area contributed by atoms with Gasteiger partial charge in [0, 0.05) is 26.5 Å². The third-order valence-corrected chi connectivity index (χ3v) is 4.16. The zero-order valence-corrected chi connectivity index (χ0v) is 13.8. The molecule has 1 aromatic rings. The normalized spacial score (nSPS) is 21.2. The molecule has 2 atom stereocenters. The number of nitrogens with zero attached hydrogens (tertiary/aromatic N) is 2. The Morgan fingerprint density at radius 2 is 2.18 bits per heavy atom. The Kier molecular flexibility index (Phi) is 5.74. The van der Waals surface area contributed by atoms with Gasteiger partial charge in [-0.1, -0.05) is 6.07 Å². The molecule has 0 aliphatic carbocycles. The summed E-state index contributed by atoms with van der Waals surface area (Å²) in [6.45, 7) is 5.54. The van der Waals surface area contributed by atoms with E-state index in [-0.39, 0.29) is 18.2 Å². The Bertz CT molecular complexity index is 521. The van der Waals surface area contributed by atoms with Gasteiger partial charge in [0.1, 0.15) is 0 Å². The number of aromatic nitrogens is 1. The predicted octanol–water partition coefficient (Wildman–Crippen LogP) is 1.64. The zero-order chi connectivity index (χ0) is 16.1. The summed E-state index contributed by atoms with van der Waals surface area (Å²) >= 11 is 0. The molecule has 2 amide bonds. The maximum Gasteiger partial charge on any atom is 0.318 e. The van der Waals surface area contributed by atoms with Gasteiger partial charge in [-0.15, -0.1) is 0 Å². The van der Waals surface area contributed by atoms with Crippen molar-refractivity contribution in [3.8, 4) is 0 Å². The lowest BCUT2D eigenvalue weighted by Gasteiger charge is -2.24. The minimum Gasteiger partial charge on any atom is -0.383 e. The van der Waals surface area contributed by atoms with E-state index in [1.165, 1.54) is 0 Å². The van der Waals surface area contributed by atoms with Crippen molar-refractivity contribution in [2.75, 3.05) is 27.4 Å². The minimum absolute atomic E-state index is 0.0580. The number of pyridine rings is 1. The molecule has 6 nitrogen and oxygen atoms in total. The number of aryl methyl sites for hydroxylation is 2. The number of hydrogen-bond donors (Lipinski definition) is 1. The summed E-state index contributed by atoms with van der Waals surface area (Å²) in [7, 11) is 3.32. The van der Waals surface area contributed by atoms with Crippen molar-refractivity contribution in [2.24, 2.45) is 0 Å². The highest BCUT2D eigenvalue weighted by Crippen LogP contribution is 2.20. The molecule has 0 radical (unpaired) electrons. The summed E-state index contributed by atoms with van der Waals surface area (Å²) in [6.07, 6.45) is 0.880. The molecule has 2 rings (SSSR count). The van der Waals surface area contributed by atoms with Crippen LogP contribution in [0, 0.1) is 13.8 Å². The number of carbonyl (C=O) groups excluding carboxylic acids is 1. The number of nitrogens with one attached hydrogen (secondary N) is 1. The summed E-state index contributed by atoms with van der Waals surface area (Å²) in [5, 5.41) is 2.93. The van der Waals surface area contributed by atoms with Crippen LogP contribution in [-0.2, 0) is 16.0 Å². The van der Waals surface area contributed by atoms with Gasteiger partial charge in [-0.05, 0) is 31.9 Å². The highest BCUT2D eigenvalue weighted by Gasteiger charge is 2.35. The smallest absolute Gasteiger partial charge is 0.318 e. The van der Waals surface area contributed by atoms with Gasteiger partial charge in [-0.2, -0.15) is 0 Å². The van der Waals surface area contributed by atoms with E-state index < -0.39 is 0 Å². The minimum atomic E-state index is -0.0957. The van der Waals surface area contributed by atoms with Gasteiger partial charge in [0.05, 0.1) is 31.0 Å². The summed E-state index contributed by atoms with van der Waals surface area (Å²) in [6, 6.07) is 3.93. The number of amides is 2. The van der Waals surface area contributed by atoms with E-state index in [0.29, 0.717) is 19.7 Å². The summed E-state index contributed by atoms with van der Waals surface area (Å²) in [5.74, 6) is 0. The van der Waals surface area contributed by atoms with Gasteiger partial charge in [-0.3, -0.25) is 4.98 Å². The second-order valence-corrected chi connectivity index (χ2v) is 5.72. The molecule has 1 N–H and O–H groups in total. The second kappa shape index (κ2) is 7.56. The van der Waals surface area contributed by atoms with E-state index in [9.17, 15) is 4.79 Å². The fraction of sp³-hybridized carbons (Fsp3) is 0.625. The molecule has 2 heterocycles. The van der Waals surface area contributed by atoms with Crippen LogP contribution >= 0.6 is 0 Å². The van der Waals surface area contributed by atoms with Crippen LogP contribution in [0.2, 0.25) is 0 Å². The van der Waals surface area contributed by atoms with Crippen molar-refractivity contribution in [1.82, 2.24) is 15.2 Å². The molecule has 0 spiro atoms. The first-order valence-corrected chi connectivity index (χ1v) is 7.54. The summed E-state index contributed by atoms with van der Waals surface area (Å²) < 4.78 is 10.6. The molecule has 0 unspecified atom stereocenters. The number of likely N-dealkylation sites (tertiary alicyclic amines) is 1. The van der Waals surface area contributed by atoms with Crippen molar-refractivity contribution >= 4 is 6.03 Å². The standard InChI is InChI=1S/C16H25N3O3/c1-11-5-6-13(18-12(11)2)8-17-16(20)19-9-15(22-4)7-14(19)10-21-3/h5-6,14-15H,7-10H2,1-4H3,(H,17,20)/t14-,15-/m0/s1. The maximum atomic E-state index is 12.4. The SMILES string of the molecule is COC[C@@H]1C[C@H](OC)CN1C(=O)NCc1ccc(C)c(C)n1. The zero-order valence-electron chi connectivity index (χ0n) is 13.8. The maximum absolute atomic E-state index is 12.4. The van der Waals surface area contributed by atoms with Gasteiger partial charge in [0.25, 0.3) is 0 Å². The van der Waals surface area contributed by atoms with Gasteiger partial charge in [0.2, 0.25) is 0 Å². The molecule has 1 fully saturated rings. The van der Waals surface area contributed by atoms with Crippen molar-refractivity contribution < 1.29 is 14.3 Å². The lowest BCUT2D eigenvalue weighted by molar-refractivity contribution is 0.110. The molecule has 0 aromatic carbocycles. The predicted molar refractivity (Wildman–Crippen MR) is 83.7 cm³/mol. The van der Waals surface area contributed by atoms with E-state index >= 15 is 0 Å². The van der Waals surface area contributed by atoms with Gasteiger partial charge >= 0.3 is 6.03 Å². The Balaban J connectivity index is 1.94. The molecule has 1 aliphatic rings. The van der Waals surface area contributed by atoms with Gasteiger partial charge in [0.15, 0.2) is 0 Å². The first kappa shape index (κ1) is 16.7. The number of carbonyl (C=O) groups is 1. The molecule has 1 saturated heterocycles. The fourth-order valence-electron chi connectivity index (χ4n) is 2.69. The van der Waals surface area contributed by atoms with E-state index in [4.69, 9.17) is 9.47 Å². The van der Waals surface area contributed by atoms with E-state index in [0.717, 1.165) is 23.4 Å². The van der Waals surface area contributed by atoms with E-state index in [1.807, 2.05) is 26.0 Å². The van der Waals surface area contributed by atoms with Crippen molar-refractivity contribution in [1.29, 1.82) is 0 Å². The molecule has 22 heavy (non-hydrogen) atoms. The first-order chi connectivity index (χ1) is 10.5. The molecular formula is C16H25N3O3. The molecular weight excluding hydrogens is 282 g/mol. The largest absolute Gasteiger partial charge is 0.383 e. The number of urea groups is 1. The van der Waals surface area contributed by atoms with Crippen LogP contribution in [0.3, 0.4) is 0 Å². The summed E-state index contributed by atoms with van der Waals surface area (Å²) in [4.78, 5) is 18.7. The Labute approximate surface area is 131 Å². The lowest BCUT2D eigenvalue weighted by Crippen LogP contribution is -2.44. The average molecular weight is 307 g/mol. The molecule has 0 saturated carbocycles. The van der Waals surface area contributed by atoms with Crippen LogP contribution in [0.15, 0.2) is 12.1 Å². The number of methoxy groups -OCH3 is 2. The molecule has 6 heteroatoms. The quantitative estimate of drug-likeness (QED) is 0.898. The lowest BCUT2D eigenvalue weighted by atomic mass is 10.2. The number of ether oxygens (including phenoxy) is 2. The molecule has 1 aromatic heterocycles. The number of hydrogen-bond acceptors (Lipinski definition) is 4. The van der Waals surface area contributed by atoms with Crippen molar-refractivity contribution in [2.45, 2.75) is 39.0 Å². The van der Waals surface area contributed by atoms with E-state index in [1.54, 1.807) is 19.1 Å². The van der Waals surface area contributed by atoms with Crippen LogP contribution in [0.25, 0.3) is 0 Å². The number of rotatable bonds is 5. The fourth-order valence-corrected chi connectivity index (χ4v) is 2.69. The molecule has 1 aliphatic heterocycles. The Morgan fingerprint density at radius 3 is 2.82 bits per heavy atom. The third-order valence-electron chi connectivity index (χ3n) is 4.16. The van der Waals surface area contributed by atoms with Gasteiger partial charge < -0.3 is 19.7 Å². The summed E-state index contributed by atoms with van der Waals surface area (Å²) in [5.41, 5.74) is 3.00. The van der Waals surface area contributed by atoms with Crippen molar-refractivity contribution in [3.63, 3.8) is 0 Å². The van der Waals surface area contributed by atoms with Crippen LogP contribution in [0.4, 0.5) is 4.79 Å². The van der Waals surface area contributed by atoms with Crippen molar-refractivity contribution in [3.05, 3.63) is 29.1 Å². The molecule has 122 valence electrons. The Hall–Kier alpha value is -1.66. The highest BCUT2D eigenvalue weighted by molar-refractivity contribution is 5.75. The second-order valence-electron chi connectivity index (χ2n) is 5.72. The Morgan fingerprint density at radius 1 is 1.41 bits per heavy atom. The van der Waals surface area contributed by atoms with Crippen LogP contribution in [0.5, 0.6) is 0 Å². The topological polar surface area (TPSA) is 63.7 Å². The van der Waals surface area contributed by atoms with E-state index in [2.05, 4.69) is 10.3 Å². The molecule has 0 bridgehead atoms. The first-order valence-electron chi connectivity index (χ1n) is 7.54. The monoisotopic (exact) mass is 307 g/mol. The average Bonchev–Trinajstić information content (AvgIpc) is 2.92. The van der Waals surface area contributed by atoms with Crippen LogP contribution in [-0.4, -0.2) is 55.4 Å².